The number of aliphatic hydroxyl groups is 1. The van der Waals surface area contributed by atoms with Crippen LogP contribution in [-0.4, -0.2) is 40.3 Å². The second-order valence-electron chi connectivity index (χ2n) is 6.78. The van der Waals surface area contributed by atoms with Gasteiger partial charge >= 0.3 is 7.62 Å². The van der Waals surface area contributed by atoms with Crippen LogP contribution in [0.1, 0.15) is 55.4 Å². The SMILES string of the molecule is CC(C)(O)C(C)(C)O[B]N1OC(C)(C)C(C)(C)O1. The van der Waals surface area contributed by atoms with Crippen molar-refractivity contribution in [1.29, 1.82) is 0 Å². The molecule has 0 aliphatic carbocycles. The molecule has 1 fully saturated rings. The zero-order valence-electron chi connectivity index (χ0n) is 12.7. The van der Waals surface area contributed by atoms with Crippen LogP contribution in [0.5, 0.6) is 0 Å². The van der Waals surface area contributed by atoms with Gasteiger partial charge in [0, 0.05) is 0 Å². The molecule has 0 saturated carbocycles. The van der Waals surface area contributed by atoms with Crippen LogP contribution >= 0.6 is 0 Å². The maximum absolute atomic E-state index is 9.98. The van der Waals surface area contributed by atoms with Crippen LogP contribution in [0.15, 0.2) is 0 Å². The van der Waals surface area contributed by atoms with Crippen LogP contribution in [0.2, 0.25) is 0 Å². The lowest BCUT2D eigenvalue weighted by Gasteiger charge is -2.37. The van der Waals surface area contributed by atoms with Crippen molar-refractivity contribution in [3.63, 3.8) is 0 Å². The van der Waals surface area contributed by atoms with E-state index in [4.69, 9.17) is 14.3 Å². The number of hydrogen-bond donors (Lipinski definition) is 1. The van der Waals surface area contributed by atoms with Crippen molar-refractivity contribution in [1.82, 2.24) is 5.14 Å². The zero-order valence-corrected chi connectivity index (χ0v) is 12.7. The third kappa shape index (κ3) is 3.06. The number of hydrogen-bond acceptors (Lipinski definition) is 5. The van der Waals surface area contributed by atoms with Crippen molar-refractivity contribution in [3.05, 3.63) is 0 Å². The normalized spacial score (nSPS) is 24.3. The first kappa shape index (κ1) is 15.9. The van der Waals surface area contributed by atoms with Crippen LogP contribution < -0.4 is 0 Å². The Morgan fingerprint density at radius 1 is 1.00 bits per heavy atom. The van der Waals surface area contributed by atoms with Gasteiger partial charge in [-0.15, -0.1) is 0 Å². The fraction of sp³-hybridized carbons (Fsp3) is 1.00. The van der Waals surface area contributed by atoms with Gasteiger partial charge in [-0.25, -0.2) is 0 Å². The van der Waals surface area contributed by atoms with Crippen molar-refractivity contribution < 1.29 is 19.4 Å². The molecule has 1 N–H and O–H groups in total. The van der Waals surface area contributed by atoms with Gasteiger partial charge in [-0.3, -0.25) is 9.68 Å². The van der Waals surface area contributed by atoms with Gasteiger partial charge in [-0.1, -0.05) is 5.14 Å². The van der Waals surface area contributed by atoms with Gasteiger partial charge < -0.3 is 9.76 Å². The summed E-state index contributed by atoms with van der Waals surface area (Å²) in [6, 6.07) is 0. The molecule has 1 saturated heterocycles. The summed E-state index contributed by atoms with van der Waals surface area (Å²) in [5.74, 6) is 0. The average molecular weight is 258 g/mol. The Labute approximate surface area is 111 Å². The van der Waals surface area contributed by atoms with Crippen LogP contribution in [-0.2, 0) is 14.3 Å². The van der Waals surface area contributed by atoms with Crippen molar-refractivity contribution in [3.8, 4) is 0 Å². The van der Waals surface area contributed by atoms with E-state index in [0.717, 1.165) is 0 Å². The second kappa shape index (κ2) is 4.46. The molecule has 0 atom stereocenters. The van der Waals surface area contributed by atoms with E-state index in [-0.39, 0.29) is 0 Å². The fourth-order valence-electron chi connectivity index (χ4n) is 1.05. The molecule has 1 aliphatic rings. The third-order valence-electron chi connectivity index (χ3n) is 3.99. The standard InChI is InChI=1S/C12H25BNO4/c1-9(2,15)10(3,4)16-13-14-17-11(5,6)12(7,8)18-14/h15H,1-8H3. The van der Waals surface area contributed by atoms with E-state index in [1.165, 1.54) is 12.8 Å². The minimum Gasteiger partial charge on any atom is -0.413 e. The summed E-state index contributed by atoms with van der Waals surface area (Å²) in [6.07, 6.45) is 0. The zero-order chi connectivity index (χ0) is 14.4. The van der Waals surface area contributed by atoms with Crippen molar-refractivity contribution in [2.45, 2.75) is 77.8 Å². The highest BCUT2D eigenvalue weighted by atomic mass is 17.0. The summed E-state index contributed by atoms with van der Waals surface area (Å²) in [7, 11) is 1.36. The van der Waals surface area contributed by atoms with Gasteiger partial charge in [0.1, 0.15) is 11.2 Å². The van der Waals surface area contributed by atoms with Gasteiger partial charge in [0.2, 0.25) is 0 Å². The Morgan fingerprint density at radius 3 is 1.72 bits per heavy atom. The monoisotopic (exact) mass is 258 g/mol. The lowest BCUT2D eigenvalue weighted by Crippen LogP contribution is -2.49. The van der Waals surface area contributed by atoms with Crippen LogP contribution in [0, 0.1) is 0 Å². The van der Waals surface area contributed by atoms with Gasteiger partial charge in [0.25, 0.3) is 0 Å². The van der Waals surface area contributed by atoms with E-state index >= 15 is 0 Å². The van der Waals surface area contributed by atoms with Crippen molar-refractivity contribution in [2.24, 2.45) is 0 Å². The van der Waals surface area contributed by atoms with E-state index < -0.39 is 22.4 Å². The molecule has 0 spiro atoms. The largest absolute Gasteiger partial charge is 0.464 e. The van der Waals surface area contributed by atoms with Crippen molar-refractivity contribution >= 4 is 7.62 Å². The Balaban J connectivity index is 2.58. The van der Waals surface area contributed by atoms with Gasteiger partial charge in [-0.05, 0) is 55.4 Å². The molecule has 5 nitrogen and oxygen atoms in total. The summed E-state index contributed by atoms with van der Waals surface area (Å²) < 4.78 is 5.57. The van der Waals surface area contributed by atoms with E-state index in [2.05, 4.69) is 0 Å². The topological polar surface area (TPSA) is 51.2 Å². The van der Waals surface area contributed by atoms with Crippen molar-refractivity contribution in [2.75, 3.05) is 0 Å². The summed E-state index contributed by atoms with van der Waals surface area (Å²) in [6.45, 7) is 14.8. The highest BCUT2D eigenvalue weighted by Crippen LogP contribution is 2.37. The van der Waals surface area contributed by atoms with E-state index in [9.17, 15) is 5.11 Å². The molecule has 6 heteroatoms. The maximum atomic E-state index is 9.98. The maximum Gasteiger partial charge on any atom is 0.464 e. The average Bonchev–Trinajstić information content (AvgIpc) is 2.30. The molecular formula is C12H25BNO4. The van der Waals surface area contributed by atoms with E-state index in [1.807, 2.05) is 27.7 Å². The van der Waals surface area contributed by atoms with E-state index in [0.29, 0.717) is 0 Å². The molecule has 1 aliphatic heterocycles. The molecule has 18 heavy (non-hydrogen) atoms. The molecule has 0 aromatic rings. The van der Waals surface area contributed by atoms with Crippen LogP contribution in [0.4, 0.5) is 0 Å². The van der Waals surface area contributed by atoms with Crippen LogP contribution in [0.25, 0.3) is 0 Å². The Kier molecular flexibility index (Phi) is 3.94. The molecular weight excluding hydrogens is 233 g/mol. The third-order valence-corrected chi connectivity index (χ3v) is 3.99. The smallest absolute Gasteiger partial charge is 0.413 e. The highest BCUT2D eigenvalue weighted by Gasteiger charge is 2.50. The quantitative estimate of drug-likeness (QED) is 0.779. The van der Waals surface area contributed by atoms with Crippen LogP contribution in [0.3, 0.4) is 0 Å². The van der Waals surface area contributed by atoms with Gasteiger partial charge in [0.05, 0.1) is 11.2 Å². The lowest BCUT2D eigenvalue weighted by atomic mass is 9.88. The highest BCUT2D eigenvalue weighted by molar-refractivity contribution is 6.22. The second-order valence-corrected chi connectivity index (χ2v) is 6.78. The first-order valence-electron chi connectivity index (χ1n) is 6.20. The summed E-state index contributed by atoms with van der Waals surface area (Å²) in [5.41, 5.74) is -2.64. The fourth-order valence-corrected chi connectivity index (χ4v) is 1.05. The molecule has 105 valence electrons. The van der Waals surface area contributed by atoms with Gasteiger partial charge in [0.15, 0.2) is 0 Å². The van der Waals surface area contributed by atoms with E-state index in [1.54, 1.807) is 27.7 Å². The molecule has 0 amide bonds. The summed E-state index contributed by atoms with van der Waals surface area (Å²) in [5, 5.41) is 11.2. The Morgan fingerprint density at radius 2 is 1.39 bits per heavy atom. The molecule has 0 unspecified atom stereocenters. The molecule has 0 bridgehead atoms. The minimum absolute atomic E-state index is 0.453. The number of nitrogens with zero attached hydrogens (tertiary/aromatic N) is 1. The summed E-state index contributed by atoms with van der Waals surface area (Å²) >= 11 is 0. The molecule has 1 heterocycles. The first-order chi connectivity index (χ1) is 7.79. The number of rotatable bonds is 4. The molecule has 1 rings (SSSR count). The molecule has 1 radical (unpaired) electrons. The molecule has 0 aromatic heterocycles. The first-order valence-corrected chi connectivity index (χ1v) is 6.20. The summed E-state index contributed by atoms with van der Waals surface area (Å²) in [4.78, 5) is 11.2. The minimum atomic E-state index is -0.978. The Hall–Kier alpha value is -0.135. The lowest BCUT2D eigenvalue weighted by molar-refractivity contribution is -0.273. The Bertz CT molecular complexity index is 294. The van der Waals surface area contributed by atoms with Gasteiger partial charge in [-0.2, -0.15) is 0 Å². The molecule has 0 aromatic carbocycles. The predicted octanol–water partition coefficient (Wildman–Crippen LogP) is 1.82. The predicted molar refractivity (Wildman–Crippen MR) is 69.4 cm³/mol.